The van der Waals surface area contributed by atoms with E-state index < -0.39 is 41.9 Å². The van der Waals surface area contributed by atoms with Crippen LogP contribution < -0.4 is 11.1 Å². The number of nitrogens with two attached hydrogens (primary N) is 1. The standard InChI is InChI=1S/C15H25N3O6/c1-8(2)12(16)13(21)17-9(5-6-11(19)20)14(22)18-7-3-4-10(18)15(23)24/h8-10,12H,3-7,16H2,1-2H3,(H,17,21)(H,19,20)(H,23,24)/t9-,10-,12-/m0/s1. The molecular formula is C15H25N3O6. The lowest BCUT2D eigenvalue weighted by molar-refractivity contribution is -0.150. The van der Waals surface area contributed by atoms with Crippen molar-refractivity contribution in [1.29, 1.82) is 0 Å². The maximum Gasteiger partial charge on any atom is 0.326 e. The van der Waals surface area contributed by atoms with Gasteiger partial charge in [-0.2, -0.15) is 0 Å². The van der Waals surface area contributed by atoms with E-state index in [-0.39, 0.29) is 25.3 Å². The quantitative estimate of drug-likeness (QED) is 0.459. The fourth-order valence-electron chi connectivity index (χ4n) is 2.58. The van der Waals surface area contributed by atoms with Crippen LogP contribution in [0.1, 0.15) is 39.5 Å². The van der Waals surface area contributed by atoms with Crippen molar-refractivity contribution < 1.29 is 29.4 Å². The van der Waals surface area contributed by atoms with E-state index >= 15 is 0 Å². The highest BCUT2D eigenvalue weighted by Gasteiger charge is 2.38. The first-order valence-electron chi connectivity index (χ1n) is 7.96. The second-order valence-corrected chi connectivity index (χ2v) is 6.29. The van der Waals surface area contributed by atoms with Crippen LogP contribution in [0.25, 0.3) is 0 Å². The Labute approximate surface area is 140 Å². The largest absolute Gasteiger partial charge is 0.481 e. The van der Waals surface area contributed by atoms with Crippen LogP contribution in [0.2, 0.25) is 0 Å². The number of hydrogen-bond donors (Lipinski definition) is 4. The number of carbonyl (C=O) groups excluding carboxylic acids is 2. The van der Waals surface area contributed by atoms with Gasteiger partial charge in [-0.05, 0) is 25.2 Å². The molecule has 0 aromatic carbocycles. The van der Waals surface area contributed by atoms with E-state index in [1.54, 1.807) is 13.8 Å². The van der Waals surface area contributed by atoms with Crippen molar-refractivity contribution in [2.24, 2.45) is 11.7 Å². The summed E-state index contributed by atoms with van der Waals surface area (Å²) in [6.07, 6.45) is 0.451. The molecule has 0 bridgehead atoms. The van der Waals surface area contributed by atoms with Crippen LogP contribution in [0.4, 0.5) is 0 Å². The highest BCUT2D eigenvalue weighted by Crippen LogP contribution is 2.19. The number of aliphatic carboxylic acids is 2. The maximum absolute atomic E-state index is 12.6. The van der Waals surface area contributed by atoms with Gasteiger partial charge in [0.15, 0.2) is 0 Å². The number of carboxylic acid groups (broad SMARTS) is 2. The van der Waals surface area contributed by atoms with Crippen molar-refractivity contribution in [3.8, 4) is 0 Å². The summed E-state index contributed by atoms with van der Waals surface area (Å²) in [5.41, 5.74) is 5.75. The topological polar surface area (TPSA) is 150 Å². The Morgan fingerprint density at radius 1 is 1.25 bits per heavy atom. The summed E-state index contributed by atoms with van der Waals surface area (Å²) >= 11 is 0. The lowest BCUT2D eigenvalue weighted by atomic mass is 10.0. The molecule has 9 nitrogen and oxygen atoms in total. The monoisotopic (exact) mass is 343 g/mol. The molecule has 0 spiro atoms. The summed E-state index contributed by atoms with van der Waals surface area (Å²) < 4.78 is 0. The van der Waals surface area contributed by atoms with Crippen molar-refractivity contribution in [3.63, 3.8) is 0 Å². The van der Waals surface area contributed by atoms with Gasteiger partial charge in [0.05, 0.1) is 6.04 Å². The molecule has 0 saturated carbocycles. The minimum atomic E-state index is -1.11. The molecule has 24 heavy (non-hydrogen) atoms. The fourth-order valence-corrected chi connectivity index (χ4v) is 2.58. The first-order chi connectivity index (χ1) is 11.1. The van der Waals surface area contributed by atoms with Gasteiger partial charge >= 0.3 is 11.9 Å². The third-order valence-electron chi connectivity index (χ3n) is 4.10. The molecule has 3 atom stereocenters. The molecule has 2 amide bonds. The van der Waals surface area contributed by atoms with Crippen LogP contribution in [-0.4, -0.2) is 63.5 Å². The van der Waals surface area contributed by atoms with Crippen molar-refractivity contribution >= 4 is 23.8 Å². The van der Waals surface area contributed by atoms with Crippen molar-refractivity contribution in [2.45, 2.75) is 57.7 Å². The highest BCUT2D eigenvalue weighted by molar-refractivity contribution is 5.92. The van der Waals surface area contributed by atoms with Gasteiger partial charge in [0.25, 0.3) is 0 Å². The summed E-state index contributed by atoms with van der Waals surface area (Å²) in [5, 5.41) is 20.5. The number of hydrogen-bond acceptors (Lipinski definition) is 5. The van der Waals surface area contributed by atoms with E-state index in [0.717, 1.165) is 0 Å². The summed E-state index contributed by atoms with van der Waals surface area (Å²) in [7, 11) is 0. The van der Waals surface area contributed by atoms with Crippen molar-refractivity contribution in [1.82, 2.24) is 10.2 Å². The summed E-state index contributed by atoms with van der Waals surface area (Å²) in [6, 6.07) is -2.88. The minimum absolute atomic E-state index is 0.117. The number of likely N-dealkylation sites (tertiary alicyclic amines) is 1. The molecule has 136 valence electrons. The van der Waals surface area contributed by atoms with E-state index in [2.05, 4.69) is 5.32 Å². The molecule has 0 aliphatic carbocycles. The molecule has 1 fully saturated rings. The van der Waals surface area contributed by atoms with Crippen LogP contribution in [0.15, 0.2) is 0 Å². The summed E-state index contributed by atoms with van der Waals surface area (Å²) in [5.74, 6) is -3.50. The van der Waals surface area contributed by atoms with Gasteiger partial charge in [0.2, 0.25) is 11.8 Å². The smallest absolute Gasteiger partial charge is 0.326 e. The Balaban J connectivity index is 2.87. The van der Waals surface area contributed by atoms with Gasteiger partial charge in [-0.3, -0.25) is 14.4 Å². The molecule has 1 aliphatic rings. The molecule has 1 rings (SSSR count). The van der Waals surface area contributed by atoms with Gasteiger partial charge in [0, 0.05) is 13.0 Å². The second kappa shape index (κ2) is 8.62. The van der Waals surface area contributed by atoms with Crippen LogP contribution in [0, 0.1) is 5.92 Å². The van der Waals surface area contributed by atoms with Crippen molar-refractivity contribution in [3.05, 3.63) is 0 Å². The normalized spacial score (nSPS) is 19.8. The number of rotatable bonds is 8. The molecular weight excluding hydrogens is 318 g/mol. The predicted molar refractivity (Wildman–Crippen MR) is 84.0 cm³/mol. The minimum Gasteiger partial charge on any atom is -0.481 e. The zero-order valence-corrected chi connectivity index (χ0v) is 13.9. The predicted octanol–water partition coefficient (Wildman–Crippen LogP) is -0.605. The Kier molecular flexibility index (Phi) is 7.15. The molecule has 9 heteroatoms. The van der Waals surface area contributed by atoms with Crippen molar-refractivity contribution in [2.75, 3.05) is 6.54 Å². The highest BCUT2D eigenvalue weighted by atomic mass is 16.4. The number of nitrogens with zero attached hydrogens (tertiary/aromatic N) is 1. The molecule has 1 heterocycles. The second-order valence-electron chi connectivity index (χ2n) is 6.29. The molecule has 1 saturated heterocycles. The molecule has 0 aromatic heterocycles. The Morgan fingerprint density at radius 3 is 2.38 bits per heavy atom. The number of nitrogens with one attached hydrogen (secondary N) is 1. The third-order valence-corrected chi connectivity index (χ3v) is 4.10. The summed E-state index contributed by atoms with van der Waals surface area (Å²) in [4.78, 5) is 47.9. The molecule has 5 N–H and O–H groups in total. The molecule has 0 radical (unpaired) electrons. The lowest BCUT2D eigenvalue weighted by Gasteiger charge is -2.28. The van der Waals surface area contributed by atoms with Gasteiger partial charge in [-0.15, -0.1) is 0 Å². The Bertz CT molecular complexity index is 507. The Hall–Kier alpha value is -2.16. The van der Waals surface area contributed by atoms with Crippen LogP contribution in [-0.2, 0) is 19.2 Å². The average Bonchev–Trinajstić information content (AvgIpc) is 2.99. The first-order valence-corrected chi connectivity index (χ1v) is 7.96. The zero-order chi connectivity index (χ0) is 18.4. The number of carbonyl (C=O) groups is 4. The number of carboxylic acids is 2. The van der Waals surface area contributed by atoms with Gasteiger partial charge in [-0.1, -0.05) is 13.8 Å². The average molecular weight is 343 g/mol. The van der Waals surface area contributed by atoms with Gasteiger partial charge < -0.3 is 26.2 Å². The SMILES string of the molecule is CC(C)[C@H](N)C(=O)N[C@@H](CCC(=O)O)C(=O)N1CCC[C@H]1C(=O)O. The lowest BCUT2D eigenvalue weighted by Crippen LogP contribution is -2.55. The van der Waals surface area contributed by atoms with Crippen LogP contribution in [0.5, 0.6) is 0 Å². The van der Waals surface area contributed by atoms with E-state index in [0.29, 0.717) is 12.8 Å². The maximum atomic E-state index is 12.6. The van der Waals surface area contributed by atoms with Crippen LogP contribution in [0.3, 0.4) is 0 Å². The van der Waals surface area contributed by atoms with Gasteiger partial charge in [0.1, 0.15) is 12.1 Å². The fraction of sp³-hybridized carbons (Fsp3) is 0.733. The Morgan fingerprint density at radius 2 is 1.88 bits per heavy atom. The number of amides is 2. The first kappa shape index (κ1) is 19.9. The molecule has 1 aliphatic heterocycles. The molecule has 0 aromatic rings. The van der Waals surface area contributed by atoms with E-state index in [9.17, 15) is 24.3 Å². The van der Waals surface area contributed by atoms with E-state index in [1.165, 1.54) is 4.90 Å². The third kappa shape index (κ3) is 5.19. The molecule has 0 unspecified atom stereocenters. The summed E-state index contributed by atoms with van der Waals surface area (Å²) in [6.45, 7) is 3.77. The zero-order valence-electron chi connectivity index (χ0n) is 13.9. The van der Waals surface area contributed by atoms with E-state index in [1.807, 2.05) is 0 Å². The van der Waals surface area contributed by atoms with Gasteiger partial charge in [-0.25, -0.2) is 4.79 Å². The van der Waals surface area contributed by atoms with Crippen LogP contribution >= 0.6 is 0 Å². The van der Waals surface area contributed by atoms with E-state index in [4.69, 9.17) is 10.8 Å².